The van der Waals surface area contributed by atoms with Gasteiger partial charge in [-0.1, -0.05) is 12.1 Å². The Balaban J connectivity index is 2.18. The minimum atomic E-state index is -0.968. The molecular weight excluding hydrogens is 233 g/mol. The molecule has 0 radical (unpaired) electrons. The maximum absolute atomic E-state index is 13.8. The van der Waals surface area contributed by atoms with Gasteiger partial charge in [0.2, 0.25) is 0 Å². The van der Waals surface area contributed by atoms with Crippen molar-refractivity contribution in [3.8, 4) is 11.3 Å². The Bertz CT molecular complexity index is 614. The van der Waals surface area contributed by atoms with Crippen LogP contribution in [0.1, 0.15) is 29.4 Å². The first-order valence-corrected chi connectivity index (χ1v) is 5.88. The fourth-order valence-electron chi connectivity index (χ4n) is 2.24. The number of aromatic nitrogens is 1. The maximum Gasteiger partial charge on any atom is 0.352 e. The van der Waals surface area contributed by atoms with Gasteiger partial charge in [0.15, 0.2) is 0 Å². The van der Waals surface area contributed by atoms with Crippen LogP contribution < -0.4 is 0 Å². The second-order valence-corrected chi connectivity index (χ2v) is 4.49. The van der Waals surface area contributed by atoms with Gasteiger partial charge in [-0.3, -0.25) is 0 Å². The summed E-state index contributed by atoms with van der Waals surface area (Å²) in [6, 6.07) is 9.86. The third-order valence-electron chi connectivity index (χ3n) is 3.20. The van der Waals surface area contributed by atoms with Crippen LogP contribution in [-0.2, 0) is 0 Å². The molecule has 4 heteroatoms. The van der Waals surface area contributed by atoms with Gasteiger partial charge in [-0.2, -0.15) is 0 Å². The fourth-order valence-corrected chi connectivity index (χ4v) is 2.24. The molecule has 1 heterocycles. The number of carboxylic acid groups (broad SMARTS) is 1. The molecule has 0 amide bonds. The SMILES string of the molecule is O=C(O)c1ccc(-c2ccccc2F)n1C1CC1. The molecule has 1 aliphatic carbocycles. The summed E-state index contributed by atoms with van der Waals surface area (Å²) in [6.07, 6.45) is 1.91. The summed E-state index contributed by atoms with van der Waals surface area (Å²) >= 11 is 0. The van der Waals surface area contributed by atoms with E-state index in [0.717, 1.165) is 12.8 Å². The van der Waals surface area contributed by atoms with Crippen LogP contribution in [0.15, 0.2) is 36.4 Å². The van der Waals surface area contributed by atoms with Gasteiger partial charge in [-0.25, -0.2) is 9.18 Å². The van der Waals surface area contributed by atoms with Gasteiger partial charge in [-0.05, 0) is 37.1 Å². The van der Waals surface area contributed by atoms with Crippen LogP contribution in [0.2, 0.25) is 0 Å². The maximum atomic E-state index is 13.8. The highest BCUT2D eigenvalue weighted by Gasteiger charge is 2.30. The van der Waals surface area contributed by atoms with E-state index in [4.69, 9.17) is 5.11 Å². The third kappa shape index (κ3) is 1.70. The zero-order chi connectivity index (χ0) is 12.7. The van der Waals surface area contributed by atoms with Crippen molar-refractivity contribution >= 4 is 5.97 Å². The van der Waals surface area contributed by atoms with Crippen LogP contribution in [0, 0.1) is 5.82 Å². The highest BCUT2D eigenvalue weighted by Crippen LogP contribution is 2.40. The van der Waals surface area contributed by atoms with Gasteiger partial charge in [-0.15, -0.1) is 0 Å². The normalized spacial score (nSPS) is 14.7. The Hall–Kier alpha value is -2.10. The number of benzene rings is 1. The van der Waals surface area contributed by atoms with Crippen molar-refractivity contribution in [1.82, 2.24) is 4.57 Å². The molecule has 0 saturated heterocycles. The van der Waals surface area contributed by atoms with Gasteiger partial charge < -0.3 is 9.67 Å². The zero-order valence-corrected chi connectivity index (χ0v) is 9.64. The first-order chi connectivity index (χ1) is 8.68. The molecule has 1 aromatic heterocycles. The van der Waals surface area contributed by atoms with E-state index < -0.39 is 5.97 Å². The van der Waals surface area contributed by atoms with Gasteiger partial charge in [0.25, 0.3) is 0 Å². The molecule has 0 spiro atoms. The lowest BCUT2D eigenvalue weighted by Gasteiger charge is -2.11. The zero-order valence-electron chi connectivity index (χ0n) is 9.64. The fraction of sp³-hybridized carbons (Fsp3) is 0.214. The highest BCUT2D eigenvalue weighted by atomic mass is 19.1. The molecule has 92 valence electrons. The van der Waals surface area contributed by atoms with Gasteiger partial charge in [0, 0.05) is 11.6 Å². The van der Waals surface area contributed by atoms with Crippen LogP contribution in [-0.4, -0.2) is 15.6 Å². The molecule has 1 aromatic carbocycles. The summed E-state index contributed by atoms with van der Waals surface area (Å²) in [5.41, 5.74) is 1.33. The van der Waals surface area contributed by atoms with Crippen molar-refractivity contribution in [1.29, 1.82) is 0 Å². The van der Waals surface area contributed by atoms with Crippen molar-refractivity contribution in [2.45, 2.75) is 18.9 Å². The second-order valence-electron chi connectivity index (χ2n) is 4.49. The number of halogens is 1. The van der Waals surface area contributed by atoms with Crippen molar-refractivity contribution in [3.63, 3.8) is 0 Å². The number of nitrogens with zero attached hydrogens (tertiary/aromatic N) is 1. The van der Waals surface area contributed by atoms with Crippen LogP contribution >= 0.6 is 0 Å². The molecule has 3 rings (SSSR count). The Labute approximate surface area is 103 Å². The monoisotopic (exact) mass is 245 g/mol. The molecule has 0 atom stereocenters. The average Bonchev–Trinajstić information content (AvgIpc) is 3.09. The Kier molecular flexibility index (Phi) is 2.44. The standard InChI is InChI=1S/C14H12FNO2/c15-11-4-2-1-3-10(11)12-7-8-13(14(17)18)16(12)9-5-6-9/h1-4,7-9H,5-6H2,(H,17,18). The summed E-state index contributed by atoms with van der Waals surface area (Å²) in [5, 5.41) is 9.16. The molecule has 2 aromatic rings. The van der Waals surface area contributed by atoms with Crippen molar-refractivity contribution in [2.75, 3.05) is 0 Å². The lowest BCUT2D eigenvalue weighted by atomic mass is 10.1. The first-order valence-electron chi connectivity index (χ1n) is 5.88. The van der Waals surface area contributed by atoms with Crippen LogP contribution in [0.5, 0.6) is 0 Å². The van der Waals surface area contributed by atoms with E-state index >= 15 is 0 Å². The molecule has 18 heavy (non-hydrogen) atoms. The summed E-state index contributed by atoms with van der Waals surface area (Å²) in [5.74, 6) is -1.29. The van der Waals surface area contributed by atoms with Crippen molar-refractivity contribution in [2.24, 2.45) is 0 Å². The molecule has 0 aliphatic heterocycles. The first kappa shape index (κ1) is 11.0. The molecule has 0 bridgehead atoms. The summed E-state index contributed by atoms with van der Waals surface area (Å²) in [7, 11) is 0. The highest BCUT2D eigenvalue weighted by molar-refractivity contribution is 5.87. The molecular formula is C14H12FNO2. The van der Waals surface area contributed by atoms with E-state index in [1.807, 2.05) is 0 Å². The quantitative estimate of drug-likeness (QED) is 0.901. The van der Waals surface area contributed by atoms with E-state index in [1.165, 1.54) is 6.07 Å². The second kappa shape index (κ2) is 3.98. The minimum Gasteiger partial charge on any atom is -0.477 e. The topological polar surface area (TPSA) is 42.2 Å². The number of aromatic carboxylic acids is 1. The molecule has 1 fully saturated rings. The lowest BCUT2D eigenvalue weighted by Crippen LogP contribution is -2.08. The van der Waals surface area contributed by atoms with Gasteiger partial charge in [0.05, 0.1) is 5.69 Å². The smallest absolute Gasteiger partial charge is 0.352 e. The lowest BCUT2D eigenvalue weighted by molar-refractivity contribution is 0.0685. The largest absolute Gasteiger partial charge is 0.477 e. The molecule has 0 unspecified atom stereocenters. The van der Waals surface area contributed by atoms with Crippen LogP contribution in [0.25, 0.3) is 11.3 Å². The van der Waals surface area contributed by atoms with Crippen LogP contribution in [0.4, 0.5) is 4.39 Å². The Morgan fingerprint density at radius 3 is 2.56 bits per heavy atom. The van der Waals surface area contributed by atoms with E-state index in [9.17, 15) is 9.18 Å². The van der Waals surface area contributed by atoms with E-state index in [2.05, 4.69) is 0 Å². The van der Waals surface area contributed by atoms with Gasteiger partial charge in [0.1, 0.15) is 11.5 Å². The summed E-state index contributed by atoms with van der Waals surface area (Å²) in [6.45, 7) is 0. The van der Waals surface area contributed by atoms with Gasteiger partial charge >= 0.3 is 5.97 Å². The minimum absolute atomic E-state index is 0.195. The number of hydrogen-bond donors (Lipinski definition) is 1. The van der Waals surface area contributed by atoms with Crippen molar-refractivity contribution < 1.29 is 14.3 Å². The predicted octanol–water partition coefficient (Wildman–Crippen LogP) is 3.33. The number of carboxylic acids is 1. The third-order valence-corrected chi connectivity index (χ3v) is 3.20. The average molecular weight is 245 g/mol. The molecule has 1 N–H and O–H groups in total. The Morgan fingerprint density at radius 1 is 1.22 bits per heavy atom. The van der Waals surface area contributed by atoms with Crippen molar-refractivity contribution in [3.05, 3.63) is 47.9 Å². The Morgan fingerprint density at radius 2 is 1.94 bits per heavy atom. The predicted molar refractivity (Wildman–Crippen MR) is 65.1 cm³/mol. The number of rotatable bonds is 3. The van der Waals surface area contributed by atoms with Crippen LogP contribution in [0.3, 0.4) is 0 Å². The molecule has 1 aliphatic rings. The van der Waals surface area contributed by atoms with E-state index in [-0.39, 0.29) is 17.6 Å². The molecule has 3 nitrogen and oxygen atoms in total. The summed E-state index contributed by atoms with van der Waals surface area (Å²) in [4.78, 5) is 11.2. The summed E-state index contributed by atoms with van der Waals surface area (Å²) < 4.78 is 15.5. The van der Waals surface area contributed by atoms with E-state index in [0.29, 0.717) is 11.3 Å². The number of hydrogen-bond acceptors (Lipinski definition) is 1. The van der Waals surface area contributed by atoms with E-state index in [1.54, 1.807) is 34.9 Å². The molecule has 1 saturated carbocycles. The number of carbonyl (C=O) groups is 1.